The molecule has 0 bridgehead atoms. The summed E-state index contributed by atoms with van der Waals surface area (Å²) in [4.78, 5) is 0. The fraction of sp³-hybridized carbons (Fsp3) is 0.0833. The highest BCUT2D eigenvalue weighted by atomic mass is 16.8. The molecule has 0 fully saturated rings. The van der Waals surface area contributed by atoms with Crippen molar-refractivity contribution in [1.82, 2.24) is 4.57 Å². The van der Waals surface area contributed by atoms with Gasteiger partial charge in [-0.3, -0.25) is 5.21 Å². The van der Waals surface area contributed by atoms with Crippen LogP contribution in [-0.2, 0) is 6.54 Å². The quantitative estimate of drug-likeness (QED) is 0.788. The Morgan fingerprint density at radius 1 is 1.18 bits per heavy atom. The second-order valence-electron chi connectivity index (χ2n) is 3.66. The Morgan fingerprint density at radius 2 is 1.82 bits per heavy atom. The maximum atomic E-state index is 10.9. The Labute approximate surface area is 98.2 Å². The molecule has 0 saturated heterocycles. The lowest BCUT2D eigenvalue weighted by Crippen LogP contribution is -2.12. The number of benzene rings is 1. The van der Waals surface area contributed by atoms with Crippen LogP contribution in [0.3, 0.4) is 0 Å². The number of para-hydroxylation sites is 1. The minimum atomic E-state index is -0.130. The van der Waals surface area contributed by atoms with Crippen LogP contribution in [0.2, 0.25) is 0 Å². The second-order valence-corrected chi connectivity index (χ2v) is 3.66. The molecule has 0 amide bonds. The summed E-state index contributed by atoms with van der Waals surface area (Å²) in [7, 11) is 0. The molecule has 1 aromatic heterocycles. The second kappa shape index (κ2) is 4.82. The molecule has 0 unspecified atom stereocenters. The van der Waals surface area contributed by atoms with E-state index in [-0.39, 0.29) is 10.9 Å². The number of hydrogen-bond acceptors (Lipinski definition) is 4. The molecule has 0 aliphatic heterocycles. The molecule has 0 aliphatic rings. The van der Waals surface area contributed by atoms with E-state index in [4.69, 9.17) is 10.6 Å². The largest absolute Gasteiger partial charge is 0.733 e. The van der Waals surface area contributed by atoms with E-state index in [0.29, 0.717) is 17.5 Å². The highest BCUT2D eigenvalue weighted by molar-refractivity contribution is 5.51. The highest BCUT2D eigenvalue weighted by Crippen LogP contribution is 2.18. The topological polar surface area (TPSA) is 75.3 Å². The number of nitrogens with one attached hydrogen (secondary N) is 1. The van der Waals surface area contributed by atoms with Crippen LogP contribution >= 0.6 is 0 Å². The summed E-state index contributed by atoms with van der Waals surface area (Å²) in [5, 5.41) is 27.6. The average Bonchev–Trinajstić information content (AvgIpc) is 2.32. The molecule has 88 valence electrons. The molecule has 17 heavy (non-hydrogen) atoms. The van der Waals surface area contributed by atoms with E-state index in [1.54, 1.807) is 42.7 Å². The fourth-order valence-corrected chi connectivity index (χ4v) is 1.59. The van der Waals surface area contributed by atoms with Crippen molar-refractivity contribution in [3.05, 3.63) is 64.9 Å². The summed E-state index contributed by atoms with van der Waals surface area (Å²) in [6.07, 6.45) is 3.51. The van der Waals surface area contributed by atoms with Crippen LogP contribution < -0.4 is 10.6 Å². The number of aromatic nitrogens is 1. The van der Waals surface area contributed by atoms with Gasteiger partial charge in [0.1, 0.15) is 0 Å². The van der Waals surface area contributed by atoms with E-state index in [2.05, 4.69) is 0 Å². The van der Waals surface area contributed by atoms with Gasteiger partial charge in [0.25, 0.3) is 0 Å². The first kappa shape index (κ1) is 11.4. The highest BCUT2D eigenvalue weighted by Gasteiger charge is 2.01. The molecule has 0 aliphatic carbocycles. The Hall–Kier alpha value is -2.11. The van der Waals surface area contributed by atoms with E-state index in [1.807, 2.05) is 10.6 Å². The van der Waals surface area contributed by atoms with Gasteiger partial charge in [-0.2, -0.15) is 0 Å². The lowest BCUT2D eigenvalue weighted by atomic mass is 10.2. The Morgan fingerprint density at radius 3 is 2.47 bits per heavy atom. The third-order valence-electron chi connectivity index (χ3n) is 2.44. The summed E-state index contributed by atoms with van der Waals surface area (Å²) < 4.78 is 1.83. The molecule has 2 aromatic rings. The van der Waals surface area contributed by atoms with Crippen LogP contribution in [0, 0.1) is 10.6 Å². The molecule has 0 spiro atoms. The molecular weight excluding hydrogens is 218 g/mol. The maximum absolute atomic E-state index is 10.9. The fourth-order valence-electron chi connectivity index (χ4n) is 1.59. The molecule has 2 rings (SSSR count). The van der Waals surface area contributed by atoms with E-state index >= 15 is 0 Å². The van der Waals surface area contributed by atoms with Crippen LogP contribution in [0.25, 0.3) is 0 Å². The normalized spacial score (nSPS) is 10.2. The first-order valence-electron chi connectivity index (χ1n) is 5.11. The molecule has 0 atom stereocenters. The Balaban J connectivity index is 2.29. The van der Waals surface area contributed by atoms with Crippen molar-refractivity contribution in [2.75, 3.05) is 5.23 Å². The molecule has 0 radical (unpaired) electrons. The van der Waals surface area contributed by atoms with Crippen LogP contribution in [-0.4, -0.2) is 9.77 Å². The maximum Gasteiger partial charge on any atom is 0.0568 e. The van der Waals surface area contributed by atoms with Gasteiger partial charge in [-0.1, -0.05) is 18.2 Å². The zero-order chi connectivity index (χ0) is 12.3. The van der Waals surface area contributed by atoms with Gasteiger partial charge in [0.2, 0.25) is 0 Å². The molecule has 1 aromatic carbocycles. The van der Waals surface area contributed by atoms with Gasteiger partial charge in [-0.15, -0.1) is 0 Å². The summed E-state index contributed by atoms with van der Waals surface area (Å²) in [5.74, 6) is 0. The van der Waals surface area contributed by atoms with E-state index in [9.17, 15) is 5.21 Å². The number of rotatable bonds is 3. The Bertz CT molecular complexity index is 543. The number of pyridine rings is 1. The monoisotopic (exact) mass is 230 g/mol. The third kappa shape index (κ3) is 2.72. The Kier molecular flexibility index (Phi) is 3.22. The van der Waals surface area contributed by atoms with Crippen molar-refractivity contribution >= 4 is 5.69 Å². The van der Waals surface area contributed by atoms with Gasteiger partial charge in [-0.05, 0) is 23.8 Å². The minimum absolute atomic E-state index is 0.130. The van der Waals surface area contributed by atoms with Crippen LogP contribution in [0.4, 0.5) is 5.69 Å². The van der Waals surface area contributed by atoms with Gasteiger partial charge in [0, 0.05) is 18.9 Å². The molecule has 0 saturated carbocycles. The van der Waals surface area contributed by atoms with Gasteiger partial charge in [-0.25, -0.2) is 0 Å². The number of anilines is 1. The first-order chi connectivity index (χ1) is 8.16. The standard InChI is InChI=1S/C12H12N3O2/c13-11-5-7-14(8-6-11)9-10-3-1-2-4-12(10)15(16)17/h1-8,13,16H,9H2/q-1. The van der Waals surface area contributed by atoms with Crippen LogP contribution in [0.15, 0.2) is 48.8 Å². The third-order valence-corrected chi connectivity index (χ3v) is 2.44. The van der Waals surface area contributed by atoms with Crippen molar-refractivity contribution in [3.63, 3.8) is 0 Å². The zero-order valence-corrected chi connectivity index (χ0v) is 9.08. The summed E-state index contributed by atoms with van der Waals surface area (Å²) in [6.45, 7) is 0.468. The lowest BCUT2D eigenvalue weighted by molar-refractivity contribution is 0.295. The smallest absolute Gasteiger partial charge is 0.0568 e. The molecule has 1 heterocycles. The first-order valence-corrected chi connectivity index (χ1v) is 5.11. The van der Waals surface area contributed by atoms with Crippen molar-refractivity contribution in [3.8, 4) is 0 Å². The van der Waals surface area contributed by atoms with E-state index in [0.717, 1.165) is 0 Å². The molecule has 5 nitrogen and oxygen atoms in total. The lowest BCUT2D eigenvalue weighted by Gasteiger charge is -2.24. The predicted octanol–water partition coefficient (Wildman–Crippen LogP) is 1.71. The average molecular weight is 230 g/mol. The SMILES string of the molecule is N=c1ccn(Cc2ccccc2N([O-])O)cc1. The summed E-state index contributed by atoms with van der Waals surface area (Å²) in [5.41, 5.74) is 0.947. The van der Waals surface area contributed by atoms with Gasteiger partial charge < -0.3 is 20.4 Å². The minimum Gasteiger partial charge on any atom is -0.733 e. The molecular formula is C12H12N3O2-. The van der Waals surface area contributed by atoms with E-state index < -0.39 is 0 Å². The van der Waals surface area contributed by atoms with Crippen LogP contribution in [0.5, 0.6) is 0 Å². The van der Waals surface area contributed by atoms with Gasteiger partial charge in [0.05, 0.1) is 11.0 Å². The van der Waals surface area contributed by atoms with Crippen molar-refractivity contribution in [2.24, 2.45) is 0 Å². The number of hydrogen-bond donors (Lipinski definition) is 2. The summed E-state index contributed by atoms with van der Waals surface area (Å²) in [6, 6.07) is 10.2. The van der Waals surface area contributed by atoms with Crippen LogP contribution in [0.1, 0.15) is 5.56 Å². The van der Waals surface area contributed by atoms with Crippen molar-refractivity contribution in [1.29, 1.82) is 5.41 Å². The van der Waals surface area contributed by atoms with Crippen molar-refractivity contribution in [2.45, 2.75) is 6.54 Å². The van der Waals surface area contributed by atoms with Crippen molar-refractivity contribution < 1.29 is 5.21 Å². The molecule has 2 N–H and O–H groups in total. The van der Waals surface area contributed by atoms with E-state index in [1.165, 1.54) is 0 Å². The zero-order valence-electron chi connectivity index (χ0n) is 9.08. The summed E-state index contributed by atoms with van der Waals surface area (Å²) >= 11 is 0. The molecule has 5 heteroatoms. The number of nitrogens with zero attached hydrogens (tertiary/aromatic N) is 2. The van der Waals surface area contributed by atoms with Gasteiger partial charge >= 0.3 is 0 Å². The van der Waals surface area contributed by atoms with Gasteiger partial charge in [0.15, 0.2) is 0 Å². The predicted molar refractivity (Wildman–Crippen MR) is 63.5 cm³/mol.